The molecule has 4 heteroatoms. The first kappa shape index (κ1) is 12.4. The van der Waals surface area contributed by atoms with Crippen molar-refractivity contribution >= 4 is 6.01 Å². The second kappa shape index (κ2) is 4.69. The maximum atomic E-state index is 5.54. The molecule has 1 aromatic rings. The minimum atomic E-state index is 0.440. The highest BCUT2D eigenvalue weighted by Crippen LogP contribution is 2.37. The van der Waals surface area contributed by atoms with Gasteiger partial charge in [0.05, 0.1) is 5.69 Å². The first-order chi connectivity index (χ1) is 8.02. The number of hydrogen-bond acceptors (Lipinski definition) is 4. The van der Waals surface area contributed by atoms with E-state index in [1.807, 2.05) is 0 Å². The van der Waals surface area contributed by atoms with Crippen molar-refractivity contribution in [2.45, 2.75) is 52.1 Å². The van der Waals surface area contributed by atoms with Gasteiger partial charge in [0.15, 0.2) is 0 Å². The van der Waals surface area contributed by atoms with Crippen LogP contribution in [0.2, 0.25) is 0 Å². The van der Waals surface area contributed by atoms with Gasteiger partial charge in [-0.2, -0.15) is 4.98 Å². The minimum absolute atomic E-state index is 0.440. The van der Waals surface area contributed by atoms with Crippen molar-refractivity contribution in [1.29, 1.82) is 0 Å². The average Bonchev–Trinajstić information content (AvgIpc) is 2.76. The van der Waals surface area contributed by atoms with E-state index in [0.717, 1.165) is 5.69 Å². The molecule has 1 aliphatic carbocycles. The van der Waals surface area contributed by atoms with Crippen LogP contribution < -0.4 is 10.6 Å². The third-order valence-electron chi connectivity index (χ3n) is 3.91. The molecule has 96 valence electrons. The molecule has 0 bridgehead atoms. The zero-order valence-electron chi connectivity index (χ0n) is 11.1. The van der Waals surface area contributed by atoms with E-state index in [-0.39, 0.29) is 0 Å². The van der Waals surface area contributed by atoms with Crippen LogP contribution in [0.3, 0.4) is 0 Å². The topological polar surface area (TPSA) is 55.3 Å². The molecule has 1 heterocycles. The van der Waals surface area contributed by atoms with Crippen molar-refractivity contribution in [2.24, 2.45) is 11.1 Å². The van der Waals surface area contributed by atoms with Crippen molar-refractivity contribution < 1.29 is 4.42 Å². The van der Waals surface area contributed by atoms with E-state index in [2.05, 4.69) is 30.8 Å². The van der Waals surface area contributed by atoms with Gasteiger partial charge in [-0.3, -0.25) is 0 Å². The monoisotopic (exact) mass is 237 g/mol. The van der Waals surface area contributed by atoms with Gasteiger partial charge in [0.1, 0.15) is 6.26 Å². The smallest absolute Gasteiger partial charge is 0.297 e. The SMILES string of the molecule is CN(c1nc(CN)co1)C1CCC(C)(C)CC1. The van der Waals surface area contributed by atoms with Crippen LogP contribution in [0.25, 0.3) is 0 Å². The van der Waals surface area contributed by atoms with E-state index in [0.29, 0.717) is 24.0 Å². The van der Waals surface area contributed by atoms with Crippen LogP contribution in [0.4, 0.5) is 6.01 Å². The Labute approximate surface area is 103 Å². The highest BCUT2D eigenvalue weighted by atomic mass is 16.4. The normalized spacial score (nSPS) is 20.5. The molecule has 0 atom stereocenters. The van der Waals surface area contributed by atoms with Crippen molar-refractivity contribution in [3.63, 3.8) is 0 Å². The molecule has 1 aliphatic rings. The Morgan fingerprint density at radius 2 is 2.12 bits per heavy atom. The maximum absolute atomic E-state index is 5.54. The van der Waals surface area contributed by atoms with Gasteiger partial charge in [-0.25, -0.2) is 0 Å². The zero-order chi connectivity index (χ0) is 12.5. The van der Waals surface area contributed by atoms with Crippen molar-refractivity contribution in [2.75, 3.05) is 11.9 Å². The first-order valence-corrected chi connectivity index (χ1v) is 6.39. The third kappa shape index (κ3) is 2.80. The Kier molecular flexibility index (Phi) is 3.43. The summed E-state index contributed by atoms with van der Waals surface area (Å²) in [5, 5.41) is 0. The molecule has 0 unspecified atom stereocenters. The van der Waals surface area contributed by atoms with Gasteiger partial charge < -0.3 is 15.1 Å². The standard InChI is InChI=1S/C13H23N3O/c1-13(2)6-4-11(5-7-13)16(3)12-15-10(8-14)9-17-12/h9,11H,4-8,14H2,1-3H3. The molecule has 1 saturated carbocycles. The van der Waals surface area contributed by atoms with Crippen molar-refractivity contribution in [1.82, 2.24) is 4.98 Å². The molecule has 0 radical (unpaired) electrons. The summed E-state index contributed by atoms with van der Waals surface area (Å²) in [6.45, 7) is 5.14. The van der Waals surface area contributed by atoms with E-state index < -0.39 is 0 Å². The number of nitrogens with two attached hydrogens (primary N) is 1. The summed E-state index contributed by atoms with van der Waals surface area (Å²) in [6, 6.07) is 1.25. The van der Waals surface area contributed by atoms with Crippen LogP contribution in [0.1, 0.15) is 45.2 Å². The van der Waals surface area contributed by atoms with E-state index in [1.165, 1.54) is 25.7 Å². The molecular formula is C13H23N3O. The molecule has 0 aliphatic heterocycles. The van der Waals surface area contributed by atoms with Gasteiger partial charge in [0, 0.05) is 19.6 Å². The van der Waals surface area contributed by atoms with E-state index >= 15 is 0 Å². The summed E-state index contributed by atoms with van der Waals surface area (Å²) in [5.41, 5.74) is 6.85. The van der Waals surface area contributed by atoms with Crippen LogP contribution in [0.5, 0.6) is 0 Å². The number of aromatic nitrogens is 1. The van der Waals surface area contributed by atoms with Gasteiger partial charge in [-0.1, -0.05) is 13.8 Å². The molecule has 0 amide bonds. The molecule has 2 N–H and O–H groups in total. The Bertz CT molecular complexity index is 362. The van der Waals surface area contributed by atoms with Crippen LogP contribution in [0.15, 0.2) is 10.7 Å². The Morgan fingerprint density at radius 1 is 1.47 bits per heavy atom. The number of nitrogens with zero attached hydrogens (tertiary/aromatic N) is 2. The number of anilines is 1. The number of oxazole rings is 1. The van der Waals surface area contributed by atoms with E-state index in [1.54, 1.807) is 6.26 Å². The lowest BCUT2D eigenvalue weighted by molar-refractivity contribution is 0.220. The summed E-state index contributed by atoms with van der Waals surface area (Å²) in [4.78, 5) is 6.54. The minimum Gasteiger partial charge on any atom is -0.432 e. The Morgan fingerprint density at radius 3 is 2.65 bits per heavy atom. The second-order valence-corrected chi connectivity index (χ2v) is 5.83. The fraction of sp³-hybridized carbons (Fsp3) is 0.769. The van der Waals surface area contributed by atoms with Crippen LogP contribution in [-0.2, 0) is 6.54 Å². The first-order valence-electron chi connectivity index (χ1n) is 6.39. The van der Waals surface area contributed by atoms with Crippen LogP contribution >= 0.6 is 0 Å². The molecule has 0 saturated heterocycles. The van der Waals surface area contributed by atoms with Gasteiger partial charge in [0.2, 0.25) is 0 Å². The zero-order valence-corrected chi connectivity index (χ0v) is 11.1. The molecule has 0 aromatic carbocycles. The molecule has 17 heavy (non-hydrogen) atoms. The van der Waals surface area contributed by atoms with Gasteiger partial charge in [-0.15, -0.1) is 0 Å². The lowest BCUT2D eigenvalue weighted by Crippen LogP contribution is -2.37. The highest BCUT2D eigenvalue weighted by Gasteiger charge is 2.30. The van der Waals surface area contributed by atoms with Gasteiger partial charge in [-0.05, 0) is 31.1 Å². The Balaban J connectivity index is 1.98. The summed E-state index contributed by atoms with van der Waals surface area (Å²) >= 11 is 0. The lowest BCUT2D eigenvalue weighted by Gasteiger charge is -2.37. The van der Waals surface area contributed by atoms with Crippen molar-refractivity contribution in [3.8, 4) is 0 Å². The van der Waals surface area contributed by atoms with Crippen LogP contribution in [0, 0.1) is 5.41 Å². The predicted octanol–water partition coefficient (Wildman–Crippen LogP) is 2.54. The van der Waals surface area contributed by atoms with Gasteiger partial charge in [0.25, 0.3) is 6.01 Å². The highest BCUT2D eigenvalue weighted by molar-refractivity contribution is 5.27. The van der Waals surface area contributed by atoms with Crippen LogP contribution in [-0.4, -0.2) is 18.1 Å². The predicted molar refractivity (Wildman–Crippen MR) is 68.8 cm³/mol. The fourth-order valence-electron chi connectivity index (χ4n) is 2.48. The lowest BCUT2D eigenvalue weighted by atomic mass is 9.75. The van der Waals surface area contributed by atoms with E-state index in [9.17, 15) is 0 Å². The summed E-state index contributed by atoms with van der Waals surface area (Å²) in [7, 11) is 2.06. The largest absolute Gasteiger partial charge is 0.432 e. The molecule has 4 nitrogen and oxygen atoms in total. The molecule has 2 rings (SSSR count). The quantitative estimate of drug-likeness (QED) is 0.877. The molecule has 0 spiro atoms. The Hall–Kier alpha value is -1.03. The molecule has 1 aromatic heterocycles. The van der Waals surface area contributed by atoms with Gasteiger partial charge >= 0.3 is 0 Å². The fourth-order valence-corrected chi connectivity index (χ4v) is 2.48. The summed E-state index contributed by atoms with van der Waals surface area (Å²) in [6.07, 6.45) is 6.62. The average molecular weight is 237 g/mol. The maximum Gasteiger partial charge on any atom is 0.297 e. The van der Waals surface area contributed by atoms with E-state index in [4.69, 9.17) is 10.2 Å². The molecular weight excluding hydrogens is 214 g/mol. The van der Waals surface area contributed by atoms with Crippen molar-refractivity contribution in [3.05, 3.63) is 12.0 Å². The number of rotatable bonds is 3. The summed E-state index contributed by atoms with van der Waals surface area (Å²) in [5.74, 6) is 0. The summed E-state index contributed by atoms with van der Waals surface area (Å²) < 4.78 is 5.46. The number of hydrogen-bond donors (Lipinski definition) is 1. The second-order valence-electron chi connectivity index (χ2n) is 5.83. The third-order valence-corrected chi connectivity index (χ3v) is 3.91. The molecule has 1 fully saturated rings.